The summed E-state index contributed by atoms with van der Waals surface area (Å²) >= 11 is 4.63. The van der Waals surface area contributed by atoms with Crippen LogP contribution >= 0.6 is 27.3 Å². The molecule has 0 saturated heterocycles. The van der Waals surface area contributed by atoms with E-state index in [9.17, 15) is 9.59 Å². The molecule has 6 heteroatoms. The van der Waals surface area contributed by atoms with Gasteiger partial charge in [0.25, 0.3) is 0 Å². The van der Waals surface area contributed by atoms with Gasteiger partial charge in [0.1, 0.15) is 0 Å². The van der Waals surface area contributed by atoms with Crippen LogP contribution in [0.25, 0.3) is 0 Å². The summed E-state index contributed by atoms with van der Waals surface area (Å²) < 4.78 is 0.858. The molecule has 14 heavy (non-hydrogen) atoms. The van der Waals surface area contributed by atoms with Gasteiger partial charge in [-0.25, -0.2) is 4.79 Å². The fourth-order valence-corrected chi connectivity index (χ4v) is 2.58. The first-order valence-electron chi connectivity index (χ1n) is 3.74. The Morgan fingerprint density at radius 3 is 2.79 bits per heavy atom. The molecule has 0 radical (unpaired) electrons. The smallest absolute Gasteiger partial charge is 0.331 e. The van der Waals surface area contributed by atoms with Crippen molar-refractivity contribution in [3.8, 4) is 0 Å². The van der Waals surface area contributed by atoms with Crippen molar-refractivity contribution in [2.24, 2.45) is 0 Å². The third-order valence-corrected chi connectivity index (χ3v) is 3.84. The average Bonchev–Trinajstić information content (AvgIpc) is 2.42. The molecule has 0 bridgehead atoms. The lowest BCUT2D eigenvalue weighted by Gasteiger charge is -2.07. The van der Waals surface area contributed by atoms with Crippen molar-refractivity contribution < 1.29 is 14.7 Å². The number of carboxylic acid groups (broad SMARTS) is 1. The lowest BCUT2D eigenvalue weighted by molar-refractivity contribution is -0.140. The van der Waals surface area contributed by atoms with Crippen LogP contribution < -0.4 is 5.32 Å². The van der Waals surface area contributed by atoms with E-state index in [4.69, 9.17) is 5.11 Å². The summed E-state index contributed by atoms with van der Waals surface area (Å²) in [5.74, 6) is -1.06. The molecule has 1 atom stereocenters. The van der Waals surface area contributed by atoms with E-state index in [1.807, 2.05) is 6.92 Å². The maximum absolute atomic E-state index is 10.8. The van der Waals surface area contributed by atoms with Crippen LogP contribution in [0.5, 0.6) is 0 Å². The van der Waals surface area contributed by atoms with Crippen LogP contribution in [-0.2, 0) is 9.59 Å². The van der Waals surface area contributed by atoms with Gasteiger partial charge < -0.3 is 10.4 Å². The van der Waals surface area contributed by atoms with Crippen LogP contribution in [-0.4, -0.2) is 17.5 Å². The van der Waals surface area contributed by atoms with Crippen molar-refractivity contribution in [2.75, 3.05) is 0 Å². The number of nitrogens with one attached hydrogen (secondary N) is 1. The van der Waals surface area contributed by atoms with Crippen LogP contribution in [0.2, 0.25) is 0 Å². The van der Waals surface area contributed by atoms with E-state index in [0.717, 1.165) is 9.35 Å². The fourth-order valence-electron chi connectivity index (χ4n) is 0.967. The highest BCUT2D eigenvalue weighted by Gasteiger charge is 2.21. The van der Waals surface area contributed by atoms with Crippen molar-refractivity contribution in [1.82, 2.24) is 5.32 Å². The Morgan fingerprint density at radius 2 is 2.43 bits per heavy atom. The summed E-state index contributed by atoms with van der Waals surface area (Å²) in [6, 6.07) is 0.748. The van der Waals surface area contributed by atoms with Gasteiger partial charge in [-0.2, -0.15) is 0 Å². The molecule has 1 aromatic rings. The van der Waals surface area contributed by atoms with Crippen LogP contribution in [0.1, 0.15) is 15.8 Å². The van der Waals surface area contributed by atoms with Crippen LogP contribution in [0.15, 0.2) is 10.5 Å². The monoisotopic (exact) mass is 277 g/mol. The lowest BCUT2D eigenvalue weighted by atomic mass is 10.2. The van der Waals surface area contributed by atoms with E-state index < -0.39 is 12.0 Å². The molecule has 0 fully saturated rings. The highest BCUT2D eigenvalue weighted by molar-refractivity contribution is 9.10. The Morgan fingerprint density at radius 1 is 1.79 bits per heavy atom. The normalized spacial score (nSPS) is 12.1. The minimum atomic E-state index is -1.06. The maximum Gasteiger partial charge on any atom is 0.331 e. The lowest BCUT2D eigenvalue weighted by Crippen LogP contribution is -2.26. The highest BCUT2D eigenvalue weighted by Crippen LogP contribution is 2.30. The Hall–Kier alpha value is -0.880. The second-order valence-corrected chi connectivity index (χ2v) is 4.75. The minimum Gasteiger partial charge on any atom is -0.479 e. The van der Waals surface area contributed by atoms with Gasteiger partial charge in [-0.15, -0.1) is 11.3 Å². The molecule has 4 nitrogen and oxygen atoms in total. The number of aryl methyl sites for hydroxylation is 1. The molecule has 0 spiro atoms. The standard InChI is InChI=1S/C8H8BrNO3S/c1-4-5(9)2-6(14-4)7(8(12)13)10-3-11/h2-3,7H,1H3,(H,10,11)(H,12,13). The zero-order valence-electron chi connectivity index (χ0n) is 7.28. The molecule has 0 aliphatic heterocycles. The second-order valence-electron chi connectivity index (χ2n) is 2.61. The summed E-state index contributed by atoms with van der Waals surface area (Å²) in [6.07, 6.45) is 0.391. The maximum atomic E-state index is 10.8. The van der Waals surface area contributed by atoms with Crippen molar-refractivity contribution in [3.05, 3.63) is 20.3 Å². The zero-order valence-corrected chi connectivity index (χ0v) is 9.68. The molecule has 1 aromatic heterocycles. The van der Waals surface area contributed by atoms with E-state index in [1.54, 1.807) is 6.07 Å². The molecular formula is C8H8BrNO3S. The molecule has 0 aliphatic carbocycles. The molecule has 1 unspecified atom stereocenters. The fraction of sp³-hybridized carbons (Fsp3) is 0.250. The number of thiophene rings is 1. The Bertz CT molecular complexity index is 344. The molecular weight excluding hydrogens is 270 g/mol. The van der Waals surface area contributed by atoms with E-state index in [2.05, 4.69) is 21.2 Å². The quantitative estimate of drug-likeness (QED) is 0.824. The predicted octanol–water partition coefficient (Wildman–Crippen LogP) is 1.69. The van der Waals surface area contributed by atoms with E-state index >= 15 is 0 Å². The first-order chi connectivity index (χ1) is 6.56. The summed E-state index contributed by atoms with van der Waals surface area (Å²) in [7, 11) is 0. The van der Waals surface area contributed by atoms with Gasteiger partial charge in [-0.1, -0.05) is 0 Å². The van der Waals surface area contributed by atoms with Gasteiger partial charge in [-0.3, -0.25) is 4.79 Å². The van der Waals surface area contributed by atoms with E-state index in [-0.39, 0.29) is 0 Å². The number of hydrogen-bond donors (Lipinski definition) is 2. The first-order valence-corrected chi connectivity index (χ1v) is 5.35. The van der Waals surface area contributed by atoms with Crippen molar-refractivity contribution in [2.45, 2.75) is 13.0 Å². The number of hydrogen-bond acceptors (Lipinski definition) is 3. The van der Waals surface area contributed by atoms with Crippen LogP contribution in [0, 0.1) is 6.92 Å². The summed E-state index contributed by atoms with van der Waals surface area (Å²) in [5.41, 5.74) is 0. The van der Waals surface area contributed by atoms with E-state index in [0.29, 0.717) is 11.3 Å². The number of aliphatic carboxylic acids is 1. The third-order valence-electron chi connectivity index (χ3n) is 1.64. The van der Waals surface area contributed by atoms with Crippen LogP contribution in [0.3, 0.4) is 0 Å². The Balaban J connectivity index is 2.98. The number of carboxylic acids is 1. The van der Waals surface area contributed by atoms with Gasteiger partial charge in [0.2, 0.25) is 6.41 Å². The third kappa shape index (κ3) is 2.33. The summed E-state index contributed by atoms with van der Waals surface area (Å²) in [5, 5.41) is 11.1. The summed E-state index contributed by atoms with van der Waals surface area (Å²) in [6.45, 7) is 1.87. The second kappa shape index (κ2) is 4.56. The molecule has 1 heterocycles. The van der Waals surface area contributed by atoms with Gasteiger partial charge >= 0.3 is 5.97 Å². The minimum absolute atomic E-state index is 0.391. The molecule has 1 amide bonds. The highest BCUT2D eigenvalue weighted by atomic mass is 79.9. The van der Waals surface area contributed by atoms with Crippen molar-refractivity contribution in [1.29, 1.82) is 0 Å². The van der Waals surface area contributed by atoms with Gasteiger partial charge in [0.05, 0.1) is 0 Å². The van der Waals surface area contributed by atoms with Crippen molar-refractivity contribution in [3.63, 3.8) is 0 Å². The predicted molar refractivity (Wildman–Crippen MR) is 56.3 cm³/mol. The van der Waals surface area contributed by atoms with Crippen molar-refractivity contribution >= 4 is 39.6 Å². The SMILES string of the molecule is Cc1sc(C(NC=O)C(=O)O)cc1Br. The summed E-state index contributed by atoms with van der Waals surface area (Å²) in [4.78, 5) is 22.6. The van der Waals surface area contributed by atoms with Gasteiger partial charge in [0, 0.05) is 14.2 Å². The molecule has 2 N–H and O–H groups in total. The zero-order chi connectivity index (χ0) is 10.7. The molecule has 0 aromatic carbocycles. The Kier molecular flexibility index (Phi) is 3.65. The molecule has 0 aliphatic rings. The van der Waals surface area contributed by atoms with Crippen LogP contribution in [0.4, 0.5) is 0 Å². The molecule has 1 rings (SSSR count). The average molecular weight is 278 g/mol. The number of carbonyl (C=O) groups is 2. The number of carbonyl (C=O) groups excluding carboxylic acids is 1. The topological polar surface area (TPSA) is 66.4 Å². The molecule has 0 saturated carbocycles. The van der Waals surface area contributed by atoms with Gasteiger partial charge in [0.15, 0.2) is 6.04 Å². The van der Waals surface area contributed by atoms with Gasteiger partial charge in [-0.05, 0) is 28.9 Å². The largest absolute Gasteiger partial charge is 0.479 e. The van der Waals surface area contributed by atoms with E-state index in [1.165, 1.54) is 11.3 Å². The number of amides is 1. The number of rotatable bonds is 4. The number of halogens is 1. The molecule has 76 valence electrons. The Labute approximate surface area is 93.1 Å². The first kappa shape index (κ1) is 11.2.